The topological polar surface area (TPSA) is 55.4 Å². The van der Waals surface area contributed by atoms with E-state index in [0.717, 1.165) is 4.90 Å². The molecule has 0 fully saturated rings. The van der Waals surface area contributed by atoms with E-state index in [1.54, 1.807) is 36.0 Å². The molecule has 0 aromatic heterocycles. The van der Waals surface area contributed by atoms with Gasteiger partial charge in [0, 0.05) is 9.92 Å². The highest BCUT2D eigenvalue weighted by atomic mass is 35.5. The first-order valence-corrected chi connectivity index (χ1v) is 8.99. The SMILES string of the molecule is CSc1ccc(C(=O)O[C@H](C)C(=O)Nc2ccc(Cl)cc2Cl)cc1. The van der Waals surface area contributed by atoms with Gasteiger partial charge in [0.15, 0.2) is 6.10 Å². The molecule has 0 saturated carbocycles. The average Bonchev–Trinajstić information content (AvgIpc) is 2.57. The van der Waals surface area contributed by atoms with E-state index in [1.165, 1.54) is 13.0 Å². The number of esters is 1. The first kappa shape index (κ1) is 18.6. The molecule has 2 aromatic rings. The van der Waals surface area contributed by atoms with Crippen molar-refractivity contribution in [1.29, 1.82) is 0 Å². The monoisotopic (exact) mass is 383 g/mol. The van der Waals surface area contributed by atoms with E-state index in [4.69, 9.17) is 27.9 Å². The van der Waals surface area contributed by atoms with E-state index in [2.05, 4.69) is 5.32 Å². The van der Waals surface area contributed by atoms with E-state index < -0.39 is 18.0 Å². The van der Waals surface area contributed by atoms with Gasteiger partial charge < -0.3 is 10.1 Å². The molecule has 2 aromatic carbocycles. The second-order valence-corrected chi connectivity index (χ2v) is 6.61. The Balaban J connectivity index is 1.98. The average molecular weight is 384 g/mol. The van der Waals surface area contributed by atoms with Crippen molar-refractivity contribution < 1.29 is 14.3 Å². The second kappa shape index (κ2) is 8.42. The number of anilines is 1. The summed E-state index contributed by atoms with van der Waals surface area (Å²) in [4.78, 5) is 25.2. The number of carbonyl (C=O) groups excluding carboxylic acids is 2. The summed E-state index contributed by atoms with van der Waals surface area (Å²) in [6.45, 7) is 1.49. The molecule has 0 spiro atoms. The minimum atomic E-state index is -0.968. The molecule has 4 nitrogen and oxygen atoms in total. The van der Waals surface area contributed by atoms with Gasteiger partial charge in [0.2, 0.25) is 0 Å². The van der Waals surface area contributed by atoms with Crippen LogP contribution >= 0.6 is 35.0 Å². The van der Waals surface area contributed by atoms with Gasteiger partial charge in [-0.25, -0.2) is 4.79 Å². The molecule has 0 saturated heterocycles. The number of ether oxygens (including phenoxy) is 1. The Hall–Kier alpha value is -1.69. The van der Waals surface area contributed by atoms with Crippen LogP contribution in [-0.4, -0.2) is 24.2 Å². The van der Waals surface area contributed by atoms with Gasteiger partial charge >= 0.3 is 5.97 Å². The fraction of sp³-hybridized carbons (Fsp3) is 0.176. The molecule has 24 heavy (non-hydrogen) atoms. The highest BCUT2D eigenvalue weighted by Crippen LogP contribution is 2.25. The summed E-state index contributed by atoms with van der Waals surface area (Å²) < 4.78 is 5.18. The van der Waals surface area contributed by atoms with E-state index >= 15 is 0 Å². The molecule has 2 rings (SSSR count). The van der Waals surface area contributed by atoms with Crippen molar-refractivity contribution in [3.8, 4) is 0 Å². The Labute approximate surface area is 154 Å². The van der Waals surface area contributed by atoms with Crippen molar-refractivity contribution in [3.05, 3.63) is 58.1 Å². The van der Waals surface area contributed by atoms with Crippen molar-refractivity contribution in [3.63, 3.8) is 0 Å². The number of thioether (sulfide) groups is 1. The largest absolute Gasteiger partial charge is 0.449 e. The summed E-state index contributed by atoms with van der Waals surface area (Å²) in [6, 6.07) is 11.7. The Morgan fingerprint density at radius 1 is 1.12 bits per heavy atom. The van der Waals surface area contributed by atoms with Crippen molar-refractivity contribution in [1.82, 2.24) is 0 Å². The summed E-state index contributed by atoms with van der Waals surface area (Å²) in [5.41, 5.74) is 0.787. The van der Waals surface area contributed by atoms with E-state index in [-0.39, 0.29) is 0 Å². The van der Waals surface area contributed by atoms with E-state index in [9.17, 15) is 9.59 Å². The van der Waals surface area contributed by atoms with Gasteiger partial charge in [-0.15, -0.1) is 11.8 Å². The Kier molecular flexibility index (Phi) is 6.54. The van der Waals surface area contributed by atoms with E-state index in [0.29, 0.717) is 21.3 Å². The predicted octanol–water partition coefficient (Wildman–Crippen LogP) is 4.90. The van der Waals surface area contributed by atoms with Crippen molar-refractivity contribution >= 4 is 52.5 Å². The normalized spacial score (nSPS) is 11.7. The lowest BCUT2D eigenvalue weighted by atomic mass is 10.2. The van der Waals surface area contributed by atoms with Gasteiger partial charge in [0.1, 0.15) is 0 Å². The summed E-state index contributed by atoms with van der Waals surface area (Å²) in [7, 11) is 0. The number of amides is 1. The van der Waals surface area contributed by atoms with Gasteiger partial charge in [-0.2, -0.15) is 0 Å². The van der Waals surface area contributed by atoms with Crippen LogP contribution in [0, 0.1) is 0 Å². The smallest absolute Gasteiger partial charge is 0.338 e. The zero-order valence-corrected chi connectivity index (χ0v) is 15.3. The number of carbonyl (C=O) groups is 2. The number of halogens is 2. The Morgan fingerprint density at radius 2 is 1.79 bits per heavy atom. The molecular weight excluding hydrogens is 369 g/mol. The Morgan fingerprint density at radius 3 is 2.38 bits per heavy atom. The number of nitrogens with one attached hydrogen (secondary N) is 1. The molecule has 126 valence electrons. The summed E-state index contributed by atoms with van der Waals surface area (Å²) in [5.74, 6) is -1.04. The fourth-order valence-electron chi connectivity index (χ4n) is 1.83. The van der Waals surface area contributed by atoms with Crippen LogP contribution in [0.15, 0.2) is 47.4 Å². The zero-order chi connectivity index (χ0) is 17.7. The second-order valence-electron chi connectivity index (χ2n) is 4.89. The van der Waals surface area contributed by atoms with Crippen LogP contribution in [0.25, 0.3) is 0 Å². The highest BCUT2D eigenvalue weighted by Gasteiger charge is 2.19. The lowest BCUT2D eigenvalue weighted by molar-refractivity contribution is -0.123. The third kappa shape index (κ3) is 4.90. The molecular formula is C17H15Cl2NO3S. The standard InChI is InChI=1S/C17H15Cl2NO3S/c1-10(16(21)20-15-8-5-12(18)9-14(15)19)23-17(22)11-3-6-13(24-2)7-4-11/h3-10H,1-2H3,(H,20,21)/t10-/m1/s1. The van der Waals surface area contributed by atoms with Crippen molar-refractivity contribution in [2.45, 2.75) is 17.9 Å². The van der Waals surface area contributed by atoms with Crippen LogP contribution in [-0.2, 0) is 9.53 Å². The molecule has 0 aliphatic rings. The maximum absolute atomic E-state index is 12.1. The van der Waals surface area contributed by atoms with Crippen LogP contribution in [0.4, 0.5) is 5.69 Å². The third-order valence-electron chi connectivity index (χ3n) is 3.17. The van der Waals surface area contributed by atoms with E-state index in [1.807, 2.05) is 18.4 Å². The molecule has 7 heteroatoms. The first-order chi connectivity index (χ1) is 11.4. The third-order valence-corrected chi connectivity index (χ3v) is 4.46. The number of benzene rings is 2. The lowest BCUT2D eigenvalue weighted by Gasteiger charge is -2.14. The number of hydrogen-bond donors (Lipinski definition) is 1. The molecule has 0 radical (unpaired) electrons. The minimum Gasteiger partial charge on any atom is -0.449 e. The Bertz CT molecular complexity index is 750. The van der Waals surface area contributed by atoms with Crippen molar-refractivity contribution in [2.75, 3.05) is 11.6 Å². The maximum Gasteiger partial charge on any atom is 0.338 e. The van der Waals surface area contributed by atoms with Crippen LogP contribution < -0.4 is 5.32 Å². The molecule has 0 aliphatic carbocycles. The van der Waals surface area contributed by atoms with Gasteiger partial charge in [-0.3, -0.25) is 4.79 Å². The maximum atomic E-state index is 12.1. The van der Waals surface area contributed by atoms with Crippen LogP contribution in [0.1, 0.15) is 17.3 Å². The molecule has 1 N–H and O–H groups in total. The number of rotatable bonds is 5. The lowest BCUT2D eigenvalue weighted by Crippen LogP contribution is -2.30. The quantitative estimate of drug-likeness (QED) is 0.589. The molecule has 0 aliphatic heterocycles. The van der Waals surface area contributed by atoms with Crippen LogP contribution in [0.3, 0.4) is 0 Å². The van der Waals surface area contributed by atoms with Crippen LogP contribution in [0.5, 0.6) is 0 Å². The number of hydrogen-bond acceptors (Lipinski definition) is 4. The first-order valence-electron chi connectivity index (χ1n) is 7.01. The fourth-order valence-corrected chi connectivity index (χ4v) is 2.70. The van der Waals surface area contributed by atoms with Crippen LogP contribution in [0.2, 0.25) is 10.0 Å². The van der Waals surface area contributed by atoms with Crippen molar-refractivity contribution in [2.24, 2.45) is 0 Å². The summed E-state index contributed by atoms with van der Waals surface area (Å²) in [5, 5.41) is 3.37. The van der Waals surface area contributed by atoms with Gasteiger partial charge in [-0.05, 0) is 55.6 Å². The summed E-state index contributed by atoms with van der Waals surface area (Å²) in [6.07, 6.45) is 0.978. The minimum absolute atomic E-state index is 0.307. The van der Waals surface area contributed by atoms with Gasteiger partial charge in [0.05, 0.1) is 16.3 Å². The van der Waals surface area contributed by atoms with Gasteiger partial charge in [0.25, 0.3) is 5.91 Å². The molecule has 1 atom stereocenters. The van der Waals surface area contributed by atoms with Gasteiger partial charge in [-0.1, -0.05) is 23.2 Å². The zero-order valence-electron chi connectivity index (χ0n) is 13.0. The highest BCUT2D eigenvalue weighted by molar-refractivity contribution is 7.98. The molecule has 1 amide bonds. The predicted molar refractivity (Wildman–Crippen MR) is 98.2 cm³/mol. The molecule has 0 bridgehead atoms. The molecule has 0 unspecified atom stereocenters. The summed E-state index contributed by atoms with van der Waals surface area (Å²) >= 11 is 13.4. The molecule has 0 heterocycles.